The van der Waals surface area contributed by atoms with E-state index in [0.29, 0.717) is 5.02 Å². The van der Waals surface area contributed by atoms with Crippen LogP contribution < -0.4 is 16.2 Å². The zero-order chi connectivity index (χ0) is 19.9. The number of rotatable bonds is 6. The van der Waals surface area contributed by atoms with Gasteiger partial charge in [0, 0.05) is 11.9 Å². The summed E-state index contributed by atoms with van der Waals surface area (Å²) < 4.78 is 4.87. The molecule has 0 fully saturated rings. The van der Waals surface area contributed by atoms with E-state index in [0.717, 1.165) is 0 Å². The van der Waals surface area contributed by atoms with E-state index in [1.54, 1.807) is 13.8 Å². The molecule has 0 aliphatic heterocycles. The Kier molecular flexibility index (Phi) is 8.34. The average Bonchev–Trinajstić information content (AvgIpc) is 2.55. The third-order valence-electron chi connectivity index (χ3n) is 3.11. The molecule has 1 aromatic carbocycles. The Balaban J connectivity index is 2.70. The smallest absolute Gasteiger partial charge is 0.329 e. The van der Waals surface area contributed by atoms with Crippen LogP contribution in [-0.2, 0) is 19.1 Å². The molecule has 1 aromatic rings. The number of hydrogen-bond donors (Lipinski definition) is 3. The molecule has 0 spiro atoms. The van der Waals surface area contributed by atoms with Crippen LogP contribution >= 0.6 is 23.2 Å². The molecule has 0 heterocycles. The van der Waals surface area contributed by atoms with Gasteiger partial charge in [-0.05, 0) is 24.1 Å². The lowest BCUT2D eigenvalue weighted by molar-refractivity contribution is -0.151. The van der Waals surface area contributed by atoms with Crippen molar-refractivity contribution in [1.82, 2.24) is 16.2 Å². The fourth-order valence-corrected chi connectivity index (χ4v) is 2.30. The lowest BCUT2D eigenvalue weighted by atomic mass is 10.0. The highest BCUT2D eigenvalue weighted by atomic mass is 35.5. The summed E-state index contributed by atoms with van der Waals surface area (Å²) in [6.45, 7) is 4.00. The van der Waals surface area contributed by atoms with E-state index in [1.165, 1.54) is 25.1 Å². The summed E-state index contributed by atoms with van der Waals surface area (Å²) in [5, 5.41) is 3.04. The van der Waals surface area contributed by atoms with E-state index in [4.69, 9.17) is 27.9 Å². The number of carbonyl (C=O) groups excluding carboxylic acids is 4. The maximum atomic E-state index is 12.3. The normalized spacial score (nSPS) is 11.5. The van der Waals surface area contributed by atoms with Crippen LogP contribution in [0.2, 0.25) is 10.0 Å². The lowest BCUT2D eigenvalue weighted by Gasteiger charge is -2.21. The molecule has 8 nitrogen and oxygen atoms in total. The Labute approximate surface area is 160 Å². The molecule has 0 aromatic heterocycles. The molecule has 3 N–H and O–H groups in total. The molecule has 1 rings (SSSR count). The van der Waals surface area contributed by atoms with E-state index in [2.05, 4.69) is 16.2 Å². The van der Waals surface area contributed by atoms with Crippen LogP contribution in [0.5, 0.6) is 0 Å². The summed E-state index contributed by atoms with van der Waals surface area (Å²) in [6, 6.07) is 3.34. The number of hydrazine groups is 1. The van der Waals surface area contributed by atoms with Gasteiger partial charge in [-0.25, -0.2) is 4.79 Å². The second-order valence-corrected chi connectivity index (χ2v) is 6.50. The third kappa shape index (κ3) is 6.89. The van der Waals surface area contributed by atoms with Crippen LogP contribution in [0.15, 0.2) is 18.2 Å². The number of esters is 1. The van der Waals surface area contributed by atoms with Crippen molar-refractivity contribution in [2.75, 3.05) is 6.61 Å². The average molecular weight is 404 g/mol. The van der Waals surface area contributed by atoms with Crippen molar-refractivity contribution in [3.63, 3.8) is 0 Å². The van der Waals surface area contributed by atoms with Crippen LogP contribution in [0, 0.1) is 5.92 Å². The molecule has 0 saturated heterocycles. The lowest BCUT2D eigenvalue weighted by Crippen LogP contribution is -2.47. The van der Waals surface area contributed by atoms with Crippen LogP contribution in [0.3, 0.4) is 0 Å². The molecule has 3 amide bonds. The van der Waals surface area contributed by atoms with E-state index < -0.39 is 36.3 Å². The van der Waals surface area contributed by atoms with Crippen LogP contribution in [0.25, 0.3) is 0 Å². The van der Waals surface area contributed by atoms with Gasteiger partial charge in [0.25, 0.3) is 11.8 Å². The van der Waals surface area contributed by atoms with Crippen LogP contribution in [0.4, 0.5) is 0 Å². The minimum Gasteiger partial charge on any atom is -0.454 e. The van der Waals surface area contributed by atoms with E-state index in [1.807, 2.05) is 0 Å². The third-order valence-corrected chi connectivity index (χ3v) is 3.65. The highest BCUT2D eigenvalue weighted by Gasteiger charge is 2.27. The molecule has 0 aliphatic rings. The van der Waals surface area contributed by atoms with Gasteiger partial charge in [-0.3, -0.25) is 25.2 Å². The van der Waals surface area contributed by atoms with Crippen LogP contribution in [0.1, 0.15) is 31.1 Å². The van der Waals surface area contributed by atoms with Gasteiger partial charge in [0.05, 0.1) is 10.6 Å². The molecule has 0 unspecified atom stereocenters. The zero-order valence-corrected chi connectivity index (χ0v) is 15.9. The Morgan fingerprint density at radius 3 is 2.31 bits per heavy atom. The highest BCUT2D eigenvalue weighted by molar-refractivity contribution is 6.36. The van der Waals surface area contributed by atoms with E-state index in [-0.39, 0.29) is 16.5 Å². The molecule has 26 heavy (non-hydrogen) atoms. The number of carbonyl (C=O) groups is 4. The number of hydrogen-bond acceptors (Lipinski definition) is 5. The molecule has 10 heteroatoms. The standard InChI is InChI=1S/C16H19Cl2N3O5/c1-8(2)14(16(25)26-7-13(23)21-20-9(3)22)19-15(24)11-5-4-10(17)6-12(11)18/h4-6,8,14H,7H2,1-3H3,(H,19,24)(H,20,22)(H,21,23)/t14-/m0/s1. The summed E-state index contributed by atoms with van der Waals surface area (Å²) in [7, 11) is 0. The Bertz CT molecular complexity index is 709. The first-order valence-electron chi connectivity index (χ1n) is 7.59. The zero-order valence-electron chi connectivity index (χ0n) is 14.4. The number of benzene rings is 1. The molecule has 0 saturated carbocycles. The largest absolute Gasteiger partial charge is 0.454 e. The van der Waals surface area contributed by atoms with Gasteiger partial charge in [-0.1, -0.05) is 37.0 Å². The number of ether oxygens (including phenoxy) is 1. The SMILES string of the molecule is CC(=O)NNC(=O)COC(=O)[C@@H](NC(=O)c1ccc(Cl)cc1Cl)C(C)C. The van der Waals surface area contributed by atoms with E-state index >= 15 is 0 Å². The summed E-state index contributed by atoms with van der Waals surface area (Å²) in [4.78, 5) is 46.6. The van der Waals surface area contributed by atoms with Crippen molar-refractivity contribution in [2.24, 2.45) is 5.92 Å². The molecule has 1 atom stereocenters. The monoisotopic (exact) mass is 403 g/mol. The second-order valence-electron chi connectivity index (χ2n) is 5.66. The van der Waals surface area contributed by atoms with Crippen molar-refractivity contribution in [3.8, 4) is 0 Å². The number of halogens is 2. The molecule has 0 bridgehead atoms. The summed E-state index contributed by atoms with van der Waals surface area (Å²) in [5.41, 5.74) is 4.26. The van der Waals surface area contributed by atoms with Gasteiger partial charge in [-0.2, -0.15) is 0 Å². The van der Waals surface area contributed by atoms with Gasteiger partial charge in [-0.15, -0.1) is 0 Å². The minimum absolute atomic E-state index is 0.139. The first kappa shape index (κ1) is 21.7. The number of nitrogens with one attached hydrogen (secondary N) is 3. The molecular weight excluding hydrogens is 385 g/mol. The number of amides is 3. The predicted octanol–water partition coefficient (Wildman–Crippen LogP) is 1.46. The second kappa shape index (κ2) is 9.98. The predicted molar refractivity (Wildman–Crippen MR) is 95.5 cm³/mol. The molecular formula is C16H19Cl2N3O5. The molecule has 0 radical (unpaired) electrons. The maximum Gasteiger partial charge on any atom is 0.329 e. The first-order chi connectivity index (χ1) is 12.1. The quantitative estimate of drug-likeness (QED) is 0.491. The van der Waals surface area contributed by atoms with E-state index in [9.17, 15) is 19.2 Å². The molecule has 142 valence electrons. The Hall–Kier alpha value is -2.32. The minimum atomic E-state index is -0.997. The fraction of sp³-hybridized carbons (Fsp3) is 0.375. The van der Waals surface area contributed by atoms with Gasteiger partial charge in [0.1, 0.15) is 6.04 Å². The highest BCUT2D eigenvalue weighted by Crippen LogP contribution is 2.21. The van der Waals surface area contributed by atoms with Gasteiger partial charge >= 0.3 is 5.97 Å². The summed E-state index contributed by atoms with van der Waals surface area (Å²) >= 11 is 11.8. The first-order valence-corrected chi connectivity index (χ1v) is 8.35. The van der Waals surface area contributed by atoms with Crippen molar-refractivity contribution < 1.29 is 23.9 Å². The van der Waals surface area contributed by atoms with Crippen LogP contribution in [-0.4, -0.2) is 36.3 Å². The van der Waals surface area contributed by atoms with Crippen molar-refractivity contribution in [3.05, 3.63) is 33.8 Å². The van der Waals surface area contributed by atoms with Gasteiger partial charge in [0.2, 0.25) is 5.91 Å². The Morgan fingerprint density at radius 1 is 1.12 bits per heavy atom. The van der Waals surface area contributed by atoms with Gasteiger partial charge < -0.3 is 10.1 Å². The van der Waals surface area contributed by atoms with Crippen molar-refractivity contribution in [2.45, 2.75) is 26.8 Å². The summed E-state index contributed by atoms with van der Waals surface area (Å²) in [5.74, 6) is -2.88. The van der Waals surface area contributed by atoms with Crippen molar-refractivity contribution in [1.29, 1.82) is 0 Å². The van der Waals surface area contributed by atoms with Crippen molar-refractivity contribution >= 4 is 46.9 Å². The molecule has 0 aliphatic carbocycles. The maximum absolute atomic E-state index is 12.3. The Morgan fingerprint density at radius 2 is 1.77 bits per heavy atom. The topological polar surface area (TPSA) is 114 Å². The fourth-order valence-electron chi connectivity index (χ4n) is 1.81. The van der Waals surface area contributed by atoms with Gasteiger partial charge in [0.15, 0.2) is 6.61 Å². The summed E-state index contributed by atoms with van der Waals surface area (Å²) in [6.07, 6.45) is 0.